The van der Waals surface area contributed by atoms with Crippen LogP contribution >= 0.6 is 11.6 Å². The molecule has 39 heavy (non-hydrogen) atoms. The number of ether oxygens (including phenoxy) is 3. The van der Waals surface area contributed by atoms with Crippen LogP contribution in [0.4, 0.5) is 4.39 Å². The van der Waals surface area contributed by atoms with Crippen molar-refractivity contribution >= 4 is 23.5 Å². The number of halogens is 2. The maximum atomic E-state index is 14.2. The summed E-state index contributed by atoms with van der Waals surface area (Å²) in [4.78, 5) is 29.2. The number of esters is 1. The molecule has 2 saturated heterocycles. The first-order valence-corrected chi connectivity index (χ1v) is 13.9. The second-order valence-electron chi connectivity index (χ2n) is 11.8. The van der Waals surface area contributed by atoms with Crippen LogP contribution < -0.4 is 9.47 Å². The molecule has 0 unspecified atom stereocenters. The largest absolute Gasteiger partial charge is 0.492 e. The van der Waals surface area contributed by atoms with Gasteiger partial charge in [0.1, 0.15) is 22.9 Å². The van der Waals surface area contributed by atoms with E-state index in [2.05, 4.69) is 18.7 Å². The maximum absolute atomic E-state index is 14.2. The molecule has 9 heteroatoms. The minimum Gasteiger partial charge on any atom is -0.492 e. The van der Waals surface area contributed by atoms with Crippen molar-refractivity contribution in [2.45, 2.75) is 45.1 Å². The number of piperidine rings is 1. The number of methoxy groups -OCH3 is 1. The SMILES string of the molecule is COC(=O)[C@@H]1CCN(C(=O)c2ccc(F)cc2OCC(C)(C)CN2CCC3(CC2)Cc2cc(Cl)ccc2O3)C1. The number of carbonyl (C=O) groups excluding carboxylic acids is 2. The first-order chi connectivity index (χ1) is 18.6. The minimum absolute atomic E-state index is 0.163. The van der Waals surface area contributed by atoms with Gasteiger partial charge in [-0.15, -0.1) is 0 Å². The third kappa shape index (κ3) is 6.17. The summed E-state index contributed by atoms with van der Waals surface area (Å²) in [5.74, 6) is -0.227. The standard InChI is InChI=1S/C30H36ClFN2O5/c1-29(2,18-33-12-9-30(10-13-33)16-21-14-22(31)4-7-25(21)39-30)19-38-26-15-23(32)5-6-24(26)27(35)34-11-8-20(17-34)28(36)37-3/h4-7,14-15,20H,8-13,16-19H2,1-3H3/t20-/m1/s1. The lowest BCUT2D eigenvalue weighted by atomic mass is 9.85. The third-order valence-electron chi connectivity index (χ3n) is 8.08. The van der Waals surface area contributed by atoms with Crippen molar-refractivity contribution in [2.24, 2.45) is 11.3 Å². The molecule has 3 aliphatic rings. The van der Waals surface area contributed by atoms with Crippen molar-refractivity contribution in [2.75, 3.05) is 46.4 Å². The molecule has 2 aromatic rings. The number of rotatable bonds is 7. The summed E-state index contributed by atoms with van der Waals surface area (Å²) in [7, 11) is 1.35. The number of hydrogen-bond acceptors (Lipinski definition) is 6. The van der Waals surface area contributed by atoms with Crippen molar-refractivity contribution in [3.8, 4) is 11.5 Å². The molecule has 5 rings (SSSR count). The smallest absolute Gasteiger partial charge is 0.310 e. The van der Waals surface area contributed by atoms with Crippen LogP contribution in [0.3, 0.4) is 0 Å². The van der Waals surface area contributed by atoms with Crippen LogP contribution in [0.5, 0.6) is 11.5 Å². The molecule has 0 radical (unpaired) electrons. The van der Waals surface area contributed by atoms with Crippen LogP contribution in [0.25, 0.3) is 0 Å². The van der Waals surface area contributed by atoms with Gasteiger partial charge in [-0.1, -0.05) is 25.4 Å². The lowest BCUT2D eigenvalue weighted by molar-refractivity contribution is -0.144. The Labute approximate surface area is 234 Å². The van der Waals surface area contributed by atoms with E-state index in [1.54, 1.807) is 4.90 Å². The van der Waals surface area contributed by atoms with Gasteiger partial charge in [-0.2, -0.15) is 0 Å². The van der Waals surface area contributed by atoms with Crippen LogP contribution in [0.15, 0.2) is 36.4 Å². The molecule has 0 bridgehead atoms. The molecule has 0 aromatic heterocycles. The van der Waals surface area contributed by atoms with Gasteiger partial charge in [0.15, 0.2) is 0 Å². The molecule has 0 aliphatic carbocycles. The average Bonchev–Trinajstić information content (AvgIpc) is 3.53. The van der Waals surface area contributed by atoms with Gasteiger partial charge in [-0.3, -0.25) is 9.59 Å². The van der Waals surface area contributed by atoms with E-state index in [1.807, 2.05) is 18.2 Å². The van der Waals surface area contributed by atoms with Crippen molar-refractivity contribution < 1.29 is 28.2 Å². The summed E-state index contributed by atoms with van der Waals surface area (Å²) in [6, 6.07) is 9.83. The van der Waals surface area contributed by atoms with E-state index in [-0.39, 0.29) is 41.1 Å². The molecule has 7 nitrogen and oxygen atoms in total. The van der Waals surface area contributed by atoms with E-state index in [9.17, 15) is 14.0 Å². The molecule has 1 atom stereocenters. The number of fused-ring (bicyclic) bond motifs is 1. The van der Waals surface area contributed by atoms with Gasteiger partial charge >= 0.3 is 5.97 Å². The second-order valence-corrected chi connectivity index (χ2v) is 12.3. The number of hydrogen-bond donors (Lipinski definition) is 0. The molecule has 1 spiro atoms. The lowest BCUT2D eigenvalue weighted by Gasteiger charge is -2.41. The second kappa shape index (κ2) is 11.0. The summed E-state index contributed by atoms with van der Waals surface area (Å²) >= 11 is 6.18. The van der Waals surface area contributed by atoms with E-state index < -0.39 is 5.82 Å². The van der Waals surface area contributed by atoms with Gasteiger partial charge in [0, 0.05) is 68.5 Å². The van der Waals surface area contributed by atoms with Crippen LogP contribution in [-0.4, -0.2) is 73.7 Å². The Hall–Kier alpha value is -2.84. The van der Waals surface area contributed by atoms with Crippen LogP contribution in [0.2, 0.25) is 5.02 Å². The Morgan fingerprint density at radius 2 is 1.92 bits per heavy atom. The summed E-state index contributed by atoms with van der Waals surface area (Å²) in [5.41, 5.74) is 1.08. The molecule has 3 aliphatic heterocycles. The van der Waals surface area contributed by atoms with Gasteiger partial charge in [-0.05, 0) is 42.3 Å². The predicted octanol–water partition coefficient (Wildman–Crippen LogP) is 4.99. The van der Waals surface area contributed by atoms with Gasteiger partial charge < -0.3 is 24.0 Å². The molecule has 2 fully saturated rings. The van der Waals surface area contributed by atoms with E-state index in [0.717, 1.165) is 49.7 Å². The zero-order valence-corrected chi connectivity index (χ0v) is 23.6. The Kier molecular flexibility index (Phi) is 7.80. The van der Waals surface area contributed by atoms with Gasteiger partial charge in [0.2, 0.25) is 0 Å². The van der Waals surface area contributed by atoms with Crippen LogP contribution in [-0.2, 0) is 16.0 Å². The zero-order valence-electron chi connectivity index (χ0n) is 22.8. The van der Waals surface area contributed by atoms with E-state index in [1.165, 1.54) is 30.9 Å². The minimum atomic E-state index is -0.464. The number of amides is 1. The molecule has 3 heterocycles. The maximum Gasteiger partial charge on any atom is 0.310 e. The predicted molar refractivity (Wildman–Crippen MR) is 146 cm³/mol. The average molecular weight is 559 g/mol. The quantitative estimate of drug-likeness (QED) is 0.446. The van der Waals surface area contributed by atoms with E-state index >= 15 is 0 Å². The highest BCUT2D eigenvalue weighted by molar-refractivity contribution is 6.30. The van der Waals surface area contributed by atoms with Crippen molar-refractivity contribution in [3.63, 3.8) is 0 Å². The van der Waals surface area contributed by atoms with Crippen molar-refractivity contribution in [1.29, 1.82) is 0 Å². The van der Waals surface area contributed by atoms with E-state index in [4.69, 9.17) is 25.8 Å². The monoisotopic (exact) mass is 558 g/mol. The summed E-state index contributed by atoms with van der Waals surface area (Å²) in [6.45, 7) is 7.89. The Morgan fingerprint density at radius 3 is 2.67 bits per heavy atom. The molecular formula is C30H36ClFN2O5. The number of likely N-dealkylation sites (tertiary alicyclic amines) is 2. The first kappa shape index (κ1) is 27.7. The summed E-state index contributed by atoms with van der Waals surface area (Å²) in [5, 5.41) is 0.738. The fourth-order valence-corrected chi connectivity index (χ4v) is 6.18. The van der Waals surface area contributed by atoms with Gasteiger partial charge in [0.25, 0.3) is 5.91 Å². The van der Waals surface area contributed by atoms with Gasteiger partial charge in [-0.25, -0.2) is 4.39 Å². The number of carbonyl (C=O) groups is 2. The Balaban J connectivity index is 1.17. The molecule has 210 valence electrons. The van der Waals surface area contributed by atoms with Crippen molar-refractivity contribution in [3.05, 3.63) is 58.4 Å². The molecule has 0 saturated carbocycles. The summed E-state index contributed by atoms with van der Waals surface area (Å²) in [6.07, 6.45) is 3.30. The highest BCUT2D eigenvalue weighted by atomic mass is 35.5. The van der Waals surface area contributed by atoms with Crippen molar-refractivity contribution in [1.82, 2.24) is 9.80 Å². The summed E-state index contributed by atoms with van der Waals surface area (Å²) < 4.78 is 31.5. The fraction of sp³-hybridized carbons (Fsp3) is 0.533. The highest BCUT2D eigenvalue weighted by Gasteiger charge is 2.42. The number of nitrogens with zero attached hydrogens (tertiary/aromatic N) is 2. The molecule has 1 amide bonds. The Morgan fingerprint density at radius 1 is 1.15 bits per heavy atom. The zero-order chi connectivity index (χ0) is 27.8. The topological polar surface area (TPSA) is 68.3 Å². The first-order valence-electron chi connectivity index (χ1n) is 13.6. The van der Waals surface area contributed by atoms with Crippen LogP contribution in [0.1, 0.15) is 49.0 Å². The van der Waals surface area contributed by atoms with Gasteiger partial charge in [0.05, 0.1) is 25.2 Å². The van der Waals surface area contributed by atoms with E-state index in [0.29, 0.717) is 25.1 Å². The molecular weight excluding hydrogens is 523 g/mol. The van der Waals surface area contributed by atoms with Crippen LogP contribution in [0, 0.1) is 17.2 Å². The Bertz CT molecular complexity index is 1240. The molecule has 2 aromatic carbocycles. The third-order valence-corrected chi connectivity index (χ3v) is 8.32. The normalized spacial score (nSPS) is 20.5. The fourth-order valence-electron chi connectivity index (χ4n) is 5.99. The lowest BCUT2D eigenvalue weighted by Crippen LogP contribution is -2.50. The number of benzene rings is 2. The molecule has 0 N–H and O–H groups in total. The highest BCUT2D eigenvalue weighted by Crippen LogP contribution is 2.42.